The number of alkyl halides is 2. The van der Waals surface area contributed by atoms with Crippen LogP contribution in [0.1, 0.15) is 54.3 Å². The van der Waals surface area contributed by atoms with Crippen molar-refractivity contribution in [2.75, 3.05) is 7.15 Å². The molecular formula is C28H32Br2F2N4O2. The molecule has 10 heteroatoms. The SMILES string of the molecule is C.CC1(C)Cc2nc3cc(Br)ccc3c(=O)n2C1.CC1(C)Cn2c(nc3cc(Br)ccc3c2=O)C1F.[2H]CF. The van der Waals surface area contributed by atoms with E-state index in [0.717, 1.165) is 33.3 Å². The highest BCUT2D eigenvalue weighted by molar-refractivity contribution is 9.10. The summed E-state index contributed by atoms with van der Waals surface area (Å²) < 4.78 is 34.8. The van der Waals surface area contributed by atoms with Gasteiger partial charge in [0.1, 0.15) is 11.6 Å². The minimum atomic E-state index is -1.20. The number of nitrogens with zero attached hydrogens (tertiary/aromatic N) is 4. The number of aromatic nitrogens is 4. The van der Waals surface area contributed by atoms with Crippen molar-refractivity contribution in [1.82, 2.24) is 19.1 Å². The van der Waals surface area contributed by atoms with E-state index in [-0.39, 0.29) is 29.8 Å². The summed E-state index contributed by atoms with van der Waals surface area (Å²) in [6.07, 6.45) is -0.335. The van der Waals surface area contributed by atoms with Gasteiger partial charge in [-0.15, -0.1) is 0 Å². The van der Waals surface area contributed by atoms with Gasteiger partial charge in [-0.25, -0.2) is 14.4 Å². The Kier molecular flexibility index (Phi) is 8.23. The fourth-order valence-corrected chi connectivity index (χ4v) is 5.54. The van der Waals surface area contributed by atoms with Crippen LogP contribution >= 0.6 is 31.9 Å². The second-order valence-corrected chi connectivity index (χ2v) is 12.6. The van der Waals surface area contributed by atoms with E-state index in [1.54, 1.807) is 18.2 Å². The van der Waals surface area contributed by atoms with Crippen molar-refractivity contribution >= 4 is 53.7 Å². The van der Waals surface area contributed by atoms with E-state index >= 15 is 0 Å². The van der Waals surface area contributed by atoms with Crippen LogP contribution in [-0.4, -0.2) is 26.3 Å². The third-order valence-corrected chi connectivity index (χ3v) is 7.63. The van der Waals surface area contributed by atoms with Gasteiger partial charge in [0.05, 0.1) is 30.3 Å². The zero-order valence-electron chi connectivity index (χ0n) is 22.0. The highest BCUT2D eigenvalue weighted by Crippen LogP contribution is 2.42. The largest absolute Gasteiger partial charge is 0.296 e. The van der Waals surface area contributed by atoms with Crippen LogP contribution in [-0.2, 0) is 19.5 Å². The molecule has 2 aliphatic heterocycles. The third-order valence-electron chi connectivity index (χ3n) is 6.64. The molecule has 2 aromatic carbocycles. The molecule has 0 spiro atoms. The first-order chi connectivity index (χ1) is 17.8. The van der Waals surface area contributed by atoms with E-state index in [0.29, 0.717) is 22.8 Å². The maximum atomic E-state index is 14.3. The molecule has 4 aromatic rings. The summed E-state index contributed by atoms with van der Waals surface area (Å²) >= 11 is 6.74. The number of fused-ring (bicyclic) bond motifs is 4. The predicted molar refractivity (Wildman–Crippen MR) is 156 cm³/mol. The van der Waals surface area contributed by atoms with Crippen molar-refractivity contribution in [3.63, 3.8) is 0 Å². The summed E-state index contributed by atoms with van der Waals surface area (Å²) in [6.45, 7) is 9.10. The van der Waals surface area contributed by atoms with E-state index in [2.05, 4.69) is 55.7 Å². The highest BCUT2D eigenvalue weighted by atomic mass is 79.9. The van der Waals surface area contributed by atoms with Gasteiger partial charge in [0, 0.05) is 33.9 Å². The molecule has 2 aliphatic rings. The number of rotatable bonds is 0. The zero-order chi connectivity index (χ0) is 28.0. The lowest BCUT2D eigenvalue weighted by atomic mass is 9.90. The molecule has 0 aliphatic carbocycles. The third kappa shape index (κ3) is 5.47. The van der Waals surface area contributed by atoms with Crippen LogP contribution in [0.4, 0.5) is 8.78 Å². The lowest BCUT2D eigenvalue weighted by molar-refractivity contribution is 0.160. The average Bonchev–Trinajstić information content (AvgIpc) is 3.26. The molecule has 1 atom stereocenters. The first kappa shape index (κ1) is 28.5. The van der Waals surface area contributed by atoms with Crippen molar-refractivity contribution < 1.29 is 10.2 Å². The van der Waals surface area contributed by atoms with E-state index in [1.807, 2.05) is 36.6 Å². The Morgan fingerprint density at radius 3 is 1.97 bits per heavy atom. The van der Waals surface area contributed by atoms with Crippen LogP contribution in [0.5, 0.6) is 0 Å². The van der Waals surface area contributed by atoms with Crippen LogP contribution in [0.2, 0.25) is 0 Å². The molecule has 0 radical (unpaired) electrons. The fraction of sp³-hybridized carbons (Fsp3) is 0.429. The molecule has 0 bridgehead atoms. The maximum Gasteiger partial charge on any atom is 0.261 e. The molecule has 4 heterocycles. The normalized spacial score (nSPS) is 18.3. The number of benzene rings is 2. The Labute approximate surface area is 238 Å². The quantitative estimate of drug-likeness (QED) is 0.202. The molecule has 0 N–H and O–H groups in total. The van der Waals surface area contributed by atoms with Crippen molar-refractivity contribution in [1.29, 1.82) is 0 Å². The van der Waals surface area contributed by atoms with Gasteiger partial charge in [-0.05, 0) is 41.8 Å². The van der Waals surface area contributed by atoms with E-state index in [4.69, 9.17) is 1.37 Å². The van der Waals surface area contributed by atoms with Gasteiger partial charge in [-0.2, -0.15) is 0 Å². The molecule has 2 aromatic heterocycles. The maximum absolute atomic E-state index is 14.3. The Bertz CT molecular complexity index is 1650. The average molecular weight is 655 g/mol. The summed E-state index contributed by atoms with van der Waals surface area (Å²) in [7, 11) is -1.00. The Hall–Kier alpha value is -2.46. The monoisotopic (exact) mass is 653 g/mol. The molecule has 204 valence electrons. The molecule has 0 fully saturated rings. The van der Waals surface area contributed by atoms with Gasteiger partial charge in [0.15, 0.2) is 6.17 Å². The minimum absolute atomic E-state index is 0. The van der Waals surface area contributed by atoms with Crippen molar-refractivity contribution in [3.8, 4) is 0 Å². The number of hydrogen-bond acceptors (Lipinski definition) is 4. The van der Waals surface area contributed by atoms with E-state index in [1.165, 1.54) is 4.57 Å². The predicted octanol–water partition coefficient (Wildman–Crippen LogP) is 7.17. The van der Waals surface area contributed by atoms with Gasteiger partial charge in [-0.1, -0.05) is 67.0 Å². The van der Waals surface area contributed by atoms with Gasteiger partial charge in [0.25, 0.3) is 11.1 Å². The minimum Gasteiger partial charge on any atom is -0.296 e. The fourth-order valence-electron chi connectivity index (χ4n) is 4.84. The highest BCUT2D eigenvalue weighted by Gasteiger charge is 2.41. The van der Waals surface area contributed by atoms with Gasteiger partial charge < -0.3 is 0 Å². The Morgan fingerprint density at radius 2 is 1.42 bits per heavy atom. The molecule has 0 saturated carbocycles. The topological polar surface area (TPSA) is 69.8 Å². The van der Waals surface area contributed by atoms with Crippen LogP contribution in [0.15, 0.2) is 54.9 Å². The van der Waals surface area contributed by atoms with Gasteiger partial charge in [-0.3, -0.25) is 23.1 Å². The van der Waals surface area contributed by atoms with Crippen LogP contribution in [0, 0.1) is 10.8 Å². The lowest BCUT2D eigenvalue weighted by Crippen LogP contribution is -2.22. The standard InChI is InChI=1S/C13H12BrFN2O.C13H13BrN2O.CH3F.CH4/c1-13(2)6-17-11(10(13)15)16-9-5-7(14)3-4-8(9)12(17)18;1-13(2)6-11-15-10-5-8(14)3-4-9(10)12(17)16(11)7-13;1-2;/h3-5,10H,6H2,1-2H3;3-5H,6-7H2,1-2H3;1H3;1H4/i;;1D;. The van der Waals surface area contributed by atoms with Crippen LogP contribution < -0.4 is 11.1 Å². The second kappa shape index (κ2) is 11.0. The molecule has 38 heavy (non-hydrogen) atoms. The zero-order valence-corrected chi connectivity index (χ0v) is 24.2. The molecular weight excluding hydrogens is 622 g/mol. The second-order valence-electron chi connectivity index (χ2n) is 10.8. The summed E-state index contributed by atoms with van der Waals surface area (Å²) in [5.41, 5.74) is 0.815. The van der Waals surface area contributed by atoms with Crippen LogP contribution in [0.3, 0.4) is 0 Å². The first-order valence-electron chi connectivity index (χ1n) is 12.4. The van der Waals surface area contributed by atoms with Gasteiger partial charge in [0.2, 0.25) is 0 Å². The van der Waals surface area contributed by atoms with Crippen LogP contribution in [0.25, 0.3) is 21.8 Å². The molecule has 1 unspecified atom stereocenters. The Balaban J connectivity index is 0.000000192. The number of halogens is 4. The summed E-state index contributed by atoms with van der Waals surface area (Å²) in [4.78, 5) is 33.6. The molecule has 0 amide bonds. The summed E-state index contributed by atoms with van der Waals surface area (Å²) in [5.74, 6) is 1.15. The first-order valence-corrected chi connectivity index (χ1v) is 13.2. The molecule has 6 nitrogen and oxygen atoms in total. The van der Waals surface area contributed by atoms with E-state index < -0.39 is 18.7 Å². The van der Waals surface area contributed by atoms with Crippen molar-refractivity contribution in [3.05, 3.63) is 77.7 Å². The van der Waals surface area contributed by atoms with Gasteiger partial charge >= 0.3 is 0 Å². The molecule has 0 saturated heterocycles. The lowest BCUT2D eigenvalue weighted by Gasteiger charge is -2.17. The van der Waals surface area contributed by atoms with Crippen molar-refractivity contribution in [2.24, 2.45) is 10.8 Å². The summed E-state index contributed by atoms with van der Waals surface area (Å²) in [5, 5.41) is 1.24. The van der Waals surface area contributed by atoms with E-state index in [9.17, 15) is 18.4 Å². The Morgan fingerprint density at radius 1 is 0.921 bits per heavy atom. The van der Waals surface area contributed by atoms with Crippen molar-refractivity contribution in [2.45, 2.75) is 60.8 Å². The molecule has 6 rings (SSSR count). The smallest absolute Gasteiger partial charge is 0.261 e. The number of hydrogen-bond donors (Lipinski definition) is 0. The summed E-state index contributed by atoms with van der Waals surface area (Å²) in [6, 6.07) is 10.9.